The number of benzene rings is 1. The summed E-state index contributed by atoms with van der Waals surface area (Å²) in [7, 11) is 0. The van der Waals surface area contributed by atoms with E-state index in [1.54, 1.807) is 4.90 Å². The molecule has 1 aliphatic carbocycles. The molecule has 0 saturated heterocycles. The largest absolute Gasteiger partial charge is 0.481 e. The highest BCUT2D eigenvalue weighted by Crippen LogP contribution is 2.38. The van der Waals surface area contributed by atoms with E-state index in [0.717, 1.165) is 18.9 Å². The Labute approximate surface area is 115 Å². The number of nitro groups is 1. The van der Waals surface area contributed by atoms with Crippen LogP contribution in [0.5, 0.6) is 0 Å². The van der Waals surface area contributed by atoms with Crippen molar-refractivity contribution in [2.45, 2.75) is 32.2 Å². The number of nitro benzene ring substituents is 1. The molecule has 1 aliphatic rings. The van der Waals surface area contributed by atoms with Gasteiger partial charge >= 0.3 is 5.97 Å². The standard InChI is InChI=1S/C13H15FN2O4/c1-8-6-11(12(16(19)20)7-10(8)14)15(9-2-3-9)5-4-13(17)18/h6-7,9H,2-5H2,1H3,(H,17,18). The van der Waals surface area contributed by atoms with Crippen LogP contribution in [0.15, 0.2) is 12.1 Å². The highest BCUT2D eigenvalue weighted by molar-refractivity contribution is 5.70. The minimum absolute atomic E-state index is 0.107. The van der Waals surface area contributed by atoms with E-state index in [9.17, 15) is 19.3 Å². The van der Waals surface area contributed by atoms with Gasteiger partial charge in [-0.25, -0.2) is 4.39 Å². The number of anilines is 1. The van der Waals surface area contributed by atoms with Crippen LogP contribution in [0.4, 0.5) is 15.8 Å². The second-order valence-electron chi connectivity index (χ2n) is 4.92. The van der Waals surface area contributed by atoms with E-state index in [1.807, 2.05) is 0 Å². The number of hydrogen-bond acceptors (Lipinski definition) is 4. The van der Waals surface area contributed by atoms with Gasteiger partial charge in [0.15, 0.2) is 0 Å². The third kappa shape index (κ3) is 3.04. The molecular weight excluding hydrogens is 267 g/mol. The zero-order valence-corrected chi connectivity index (χ0v) is 11.0. The van der Waals surface area contributed by atoms with Gasteiger partial charge in [0.05, 0.1) is 17.4 Å². The van der Waals surface area contributed by atoms with Crippen LogP contribution in [0.2, 0.25) is 0 Å². The summed E-state index contributed by atoms with van der Waals surface area (Å²) in [6.45, 7) is 1.72. The lowest BCUT2D eigenvalue weighted by atomic mass is 10.1. The summed E-state index contributed by atoms with van der Waals surface area (Å²) in [5.41, 5.74) is 0.301. The molecule has 2 rings (SSSR count). The minimum Gasteiger partial charge on any atom is -0.481 e. The number of carboxylic acid groups (broad SMARTS) is 1. The molecule has 0 radical (unpaired) electrons. The van der Waals surface area contributed by atoms with Crippen molar-refractivity contribution in [2.75, 3.05) is 11.4 Å². The van der Waals surface area contributed by atoms with Gasteiger partial charge in [0.1, 0.15) is 11.5 Å². The summed E-state index contributed by atoms with van der Waals surface area (Å²) in [6, 6.07) is 2.44. The molecule has 1 N–H and O–H groups in total. The van der Waals surface area contributed by atoms with Gasteiger partial charge in [0, 0.05) is 12.6 Å². The molecule has 0 aliphatic heterocycles. The molecule has 20 heavy (non-hydrogen) atoms. The molecule has 7 heteroatoms. The summed E-state index contributed by atoms with van der Waals surface area (Å²) < 4.78 is 13.5. The van der Waals surface area contributed by atoms with Gasteiger partial charge in [-0.3, -0.25) is 14.9 Å². The molecule has 0 heterocycles. The fourth-order valence-corrected chi connectivity index (χ4v) is 2.13. The van der Waals surface area contributed by atoms with E-state index in [1.165, 1.54) is 13.0 Å². The molecule has 1 aromatic carbocycles. The van der Waals surface area contributed by atoms with E-state index in [4.69, 9.17) is 5.11 Å². The number of halogens is 1. The van der Waals surface area contributed by atoms with Crippen molar-refractivity contribution < 1.29 is 19.2 Å². The highest BCUT2D eigenvalue weighted by Gasteiger charge is 2.33. The van der Waals surface area contributed by atoms with Crippen LogP contribution in [-0.2, 0) is 4.79 Å². The second-order valence-corrected chi connectivity index (χ2v) is 4.92. The first-order chi connectivity index (χ1) is 9.40. The maximum Gasteiger partial charge on any atom is 0.305 e. The topological polar surface area (TPSA) is 83.7 Å². The van der Waals surface area contributed by atoms with Gasteiger partial charge in [0.2, 0.25) is 0 Å². The lowest BCUT2D eigenvalue weighted by molar-refractivity contribution is -0.384. The van der Waals surface area contributed by atoms with Gasteiger partial charge in [0.25, 0.3) is 5.69 Å². The molecule has 0 unspecified atom stereocenters. The van der Waals surface area contributed by atoms with E-state index in [2.05, 4.69) is 0 Å². The Balaban J connectivity index is 2.38. The van der Waals surface area contributed by atoms with Crippen LogP contribution in [0, 0.1) is 22.9 Å². The number of carbonyl (C=O) groups is 1. The average molecular weight is 282 g/mol. The van der Waals surface area contributed by atoms with E-state index < -0.39 is 16.7 Å². The molecular formula is C13H15FN2O4. The molecule has 1 fully saturated rings. The zero-order chi connectivity index (χ0) is 14.9. The van der Waals surface area contributed by atoms with E-state index in [0.29, 0.717) is 11.3 Å². The average Bonchev–Trinajstić information content (AvgIpc) is 3.17. The van der Waals surface area contributed by atoms with Crippen molar-refractivity contribution in [3.8, 4) is 0 Å². The third-order valence-corrected chi connectivity index (χ3v) is 3.32. The quantitative estimate of drug-likeness (QED) is 0.640. The zero-order valence-electron chi connectivity index (χ0n) is 11.0. The third-order valence-electron chi connectivity index (χ3n) is 3.32. The monoisotopic (exact) mass is 282 g/mol. The summed E-state index contributed by atoms with van der Waals surface area (Å²) in [6.07, 6.45) is 1.63. The maximum atomic E-state index is 13.5. The SMILES string of the molecule is Cc1cc(N(CCC(=O)O)C2CC2)c([N+](=O)[O-])cc1F. The first-order valence-corrected chi connectivity index (χ1v) is 6.33. The maximum absolute atomic E-state index is 13.5. The Morgan fingerprint density at radius 1 is 1.55 bits per heavy atom. The summed E-state index contributed by atoms with van der Waals surface area (Å²) in [5.74, 6) is -1.59. The first kappa shape index (κ1) is 14.2. The molecule has 6 nitrogen and oxygen atoms in total. The van der Waals surface area contributed by atoms with Crippen LogP contribution >= 0.6 is 0 Å². The first-order valence-electron chi connectivity index (χ1n) is 6.33. The predicted octanol–water partition coefficient (Wildman–Crippen LogP) is 2.49. The number of hydrogen-bond donors (Lipinski definition) is 1. The summed E-state index contributed by atoms with van der Waals surface area (Å²) in [4.78, 5) is 22.8. The molecule has 0 bridgehead atoms. The number of carboxylic acids is 1. The van der Waals surface area contributed by atoms with Crippen molar-refractivity contribution in [1.82, 2.24) is 0 Å². The van der Waals surface area contributed by atoms with Crippen molar-refractivity contribution in [1.29, 1.82) is 0 Å². The van der Waals surface area contributed by atoms with Gasteiger partial charge in [-0.05, 0) is 31.4 Å². The number of rotatable bonds is 6. The lowest BCUT2D eigenvalue weighted by Crippen LogP contribution is -2.29. The van der Waals surface area contributed by atoms with E-state index in [-0.39, 0.29) is 24.7 Å². The Hall–Kier alpha value is -2.18. The lowest BCUT2D eigenvalue weighted by Gasteiger charge is -2.24. The van der Waals surface area contributed by atoms with Gasteiger partial charge in [-0.2, -0.15) is 0 Å². The fourth-order valence-electron chi connectivity index (χ4n) is 2.13. The number of aryl methyl sites for hydroxylation is 1. The molecule has 1 aromatic rings. The predicted molar refractivity (Wildman–Crippen MR) is 70.4 cm³/mol. The number of nitrogens with zero attached hydrogens (tertiary/aromatic N) is 2. The van der Waals surface area contributed by atoms with E-state index >= 15 is 0 Å². The van der Waals surface area contributed by atoms with Gasteiger partial charge < -0.3 is 10.0 Å². The minimum atomic E-state index is -0.961. The molecule has 108 valence electrons. The van der Waals surface area contributed by atoms with Crippen LogP contribution in [0.25, 0.3) is 0 Å². The van der Waals surface area contributed by atoms with Crippen molar-refractivity contribution in [2.24, 2.45) is 0 Å². The Morgan fingerprint density at radius 3 is 2.70 bits per heavy atom. The van der Waals surface area contributed by atoms with Crippen LogP contribution < -0.4 is 4.90 Å². The Kier molecular flexibility index (Phi) is 3.87. The Bertz CT molecular complexity index is 558. The summed E-state index contributed by atoms with van der Waals surface area (Å²) in [5, 5.41) is 19.8. The van der Waals surface area contributed by atoms with Crippen LogP contribution in [-0.4, -0.2) is 28.6 Å². The molecule has 0 atom stereocenters. The van der Waals surface area contributed by atoms with Gasteiger partial charge in [-0.1, -0.05) is 0 Å². The van der Waals surface area contributed by atoms with Crippen LogP contribution in [0.3, 0.4) is 0 Å². The molecule has 1 saturated carbocycles. The van der Waals surface area contributed by atoms with Crippen molar-refractivity contribution in [3.05, 3.63) is 33.6 Å². The smallest absolute Gasteiger partial charge is 0.305 e. The van der Waals surface area contributed by atoms with Gasteiger partial charge in [-0.15, -0.1) is 0 Å². The highest BCUT2D eigenvalue weighted by atomic mass is 19.1. The number of aliphatic carboxylic acids is 1. The summed E-state index contributed by atoms with van der Waals surface area (Å²) >= 11 is 0. The molecule has 0 aromatic heterocycles. The molecule has 0 spiro atoms. The van der Waals surface area contributed by atoms with Crippen molar-refractivity contribution in [3.63, 3.8) is 0 Å². The normalized spacial score (nSPS) is 14.1. The fraction of sp³-hybridized carbons (Fsp3) is 0.462. The van der Waals surface area contributed by atoms with Crippen molar-refractivity contribution >= 4 is 17.3 Å². The Morgan fingerprint density at radius 2 is 2.20 bits per heavy atom. The van der Waals surface area contributed by atoms with Crippen LogP contribution in [0.1, 0.15) is 24.8 Å². The second kappa shape index (κ2) is 5.44. The molecule has 0 amide bonds.